The minimum Gasteiger partial charge on any atom is -0.490 e. The van der Waals surface area contributed by atoms with E-state index in [1.54, 1.807) is 6.07 Å². The van der Waals surface area contributed by atoms with E-state index < -0.39 is 0 Å². The molecule has 1 N–H and O–H groups in total. The van der Waals surface area contributed by atoms with E-state index in [0.29, 0.717) is 11.7 Å². The zero-order valence-electron chi connectivity index (χ0n) is 9.16. The molecule has 1 aromatic rings. The van der Waals surface area contributed by atoms with Gasteiger partial charge >= 0.3 is 0 Å². The second-order valence-electron chi connectivity index (χ2n) is 4.77. The van der Waals surface area contributed by atoms with Gasteiger partial charge in [0.25, 0.3) is 0 Å². The number of benzene rings is 1. The van der Waals surface area contributed by atoms with E-state index in [1.165, 1.54) is 18.6 Å². The lowest BCUT2D eigenvalue weighted by atomic mass is 9.99. The molecule has 1 aliphatic heterocycles. The molecule has 3 heteroatoms. The predicted molar refractivity (Wildman–Crippen MR) is 59.9 cm³/mol. The van der Waals surface area contributed by atoms with E-state index in [9.17, 15) is 4.39 Å². The third-order valence-corrected chi connectivity index (χ3v) is 3.78. The molecular formula is C13H16FNO. The van der Waals surface area contributed by atoms with Crippen molar-refractivity contribution in [3.63, 3.8) is 0 Å². The highest BCUT2D eigenvalue weighted by Gasteiger charge is 2.40. The Bertz CT molecular complexity index is 382. The van der Waals surface area contributed by atoms with Gasteiger partial charge in [-0.05, 0) is 37.4 Å². The van der Waals surface area contributed by atoms with Gasteiger partial charge in [0, 0.05) is 18.5 Å². The highest BCUT2D eigenvalue weighted by molar-refractivity contribution is 5.23. The van der Waals surface area contributed by atoms with E-state index in [1.807, 2.05) is 6.07 Å². The third-order valence-electron chi connectivity index (χ3n) is 3.78. The van der Waals surface area contributed by atoms with Crippen molar-refractivity contribution in [3.05, 3.63) is 30.1 Å². The minimum absolute atomic E-state index is 0.225. The molecule has 1 aliphatic carbocycles. The van der Waals surface area contributed by atoms with Crippen LogP contribution in [0, 0.1) is 17.7 Å². The van der Waals surface area contributed by atoms with E-state index in [-0.39, 0.29) is 11.9 Å². The van der Waals surface area contributed by atoms with Crippen molar-refractivity contribution in [1.82, 2.24) is 5.32 Å². The van der Waals surface area contributed by atoms with Crippen LogP contribution in [0.25, 0.3) is 0 Å². The monoisotopic (exact) mass is 221 g/mol. The summed E-state index contributed by atoms with van der Waals surface area (Å²) >= 11 is 0. The smallest absolute Gasteiger partial charge is 0.126 e. The van der Waals surface area contributed by atoms with Crippen LogP contribution >= 0.6 is 0 Å². The van der Waals surface area contributed by atoms with Crippen molar-refractivity contribution < 1.29 is 9.13 Å². The topological polar surface area (TPSA) is 21.3 Å². The lowest BCUT2D eigenvalue weighted by Gasteiger charge is -2.19. The molecule has 1 heterocycles. The Morgan fingerprint density at radius 2 is 2.19 bits per heavy atom. The van der Waals surface area contributed by atoms with Crippen LogP contribution in [0.1, 0.15) is 12.8 Å². The zero-order chi connectivity index (χ0) is 11.0. The van der Waals surface area contributed by atoms with Crippen LogP contribution in [-0.2, 0) is 0 Å². The quantitative estimate of drug-likeness (QED) is 0.826. The van der Waals surface area contributed by atoms with Crippen LogP contribution in [-0.4, -0.2) is 19.2 Å². The van der Waals surface area contributed by atoms with Gasteiger partial charge in [-0.2, -0.15) is 0 Å². The predicted octanol–water partition coefficient (Wildman–Crippen LogP) is 2.20. The summed E-state index contributed by atoms with van der Waals surface area (Å²) in [5, 5.41) is 3.40. The molecule has 3 atom stereocenters. The molecule has 2 unspecified atom stereocenters. The van der Waals surface area contributed by atoms with Crippen molar-refractivity contribution in [2.24, 2.45) is 11.8 Å². The summed E-state index contributed by atoms with van der Waals surface area (Å²) < 4.78 is 18.9. The molecule has 0 amide bonds. The van der Waals surface area contributed by atoms with E-state index >= 15 is 0 Å². The van der Waals surface area contributed by atoms with E-state index in [0.717, 1.165) is 25.4 Å². The van der Waals surface area contributed by atoms with Crippen molar-refractivity contribution in [2.45, 2.75) is 18.9 Å². The fourth-order valence-corrected chi connectivity index (χ4v) is 2.96. The number of rotatable bonds is 2. The average Bonchev–Trinajstić information content (AvgIpc) is 2.83. The second kappa shape index (κ2) is 4.06. The summed E-state index contributed by atoms with van der Waals surface area (Å²) in [6, 6.07) is 6.44. The molecule has 2 fully saturated rings. The average molecular weight is 221 g/mol. The molecule has 2 aliphatic rings. The van der Waals surface area contributed by atoms with Gasteiger partial charge in [0.05, 0.1) is 0 Å². The Labute approximate surface area is 94.8 Å². The van der Waals surface area contributed by atoms with E-state index in [2.05, 4.69) is 5.32 Å². The van der Waals surface area contributed by atoms with Crippen LogP contribution in [0.5, 0.6) is 5.75 Å². The molecule has 0 radical (unpaired) electrons. The fraction of sp³-hybridized carbons (Fsp3) is 0.538. The van der Waals surface area contributed by atoms with Crippen molar-refractivity contribution in [1.29, 1.82) is 0 Å². The molecule has 0 spiro atoms. The van der Waals surface area contributed by atoms with Crippen molar-refractivity contribution >= 4 is 0 Å². The molecule has 86 valence electrons. The maximum Gasteiger partial charge on any atom is 0.126 e. The molecule has 3 rings (SSSR count). The first kappa shape index (κ1) is 10.1. The largest absolute Gasteiger partial charge is 0.490 e. The highest BCUT2D eigenvalue weighted by atomic mass is 19.1. The van der Waals surface area contributed by atoms with Crippen molar-refractivity contribution in [2.75, 3.05) is 13.1 Å². The molecule has 0 bridgehead atoms. The van der Waals surface area contributed by atoms with Crippen LogP contribution in [0.2, 0.25) is 0 Å². The molecule has 1 saturated carbocycles. The number of ether oxygens (including phenoxy) is 1. The number of hydrogen-bond acceptors (Lipinski definition) is 2. The fourth-order valence-electron chi connectivity index (χ4n) is 2.96. The van der Waals surface area contributed by atoms with Gasteiger partial charge in [-0.3, -0.25) is 0 Å². The van der Waals surface area contributed by atoms with Crippen molar-refractivity contribution in [3.8, 4) is 5.75 Å². The third kappa shape index (κ3) is 1.80. The number of halogens is 1. The molecule has 1 saturated heterocycles. The maximum absolute atomic E-state index is 13.0. The normalized spacial score (nSPS) is 32.7. The standard InChI is InChI=1S/C13H16FNO/c14-10-2-1-3-11(6-10)16-13-5-4-9-7-15-8-12(9)13/h1-3,6,9,12-13,15H,4-5,7-8H2/t9?,12?,13-/m0/s1. The summed E-state index contributed by atoms with van der Waals surface area (Å²) in [4.78, 5) is 0. The van der Waals surface area contributed by atoms with Gasteiger partial charge < -0.3 is 10.1 Å². The van der Waals surface area contributed by atoms with Gasteiger partial charge in [-0.15, -0.1) is 0 Å². The van der Waals surface area contributed by atoms with E-state index in [4.69, 9.17) is 4.74 Å². The first-order chi connectivity index (χ1) is 7.83. The first-order valence-corrected chi connectivity index (χ1v) is 5.96. The Kier molecular flexibility index (Phi) is 2.56. The van der Waals surface area contributed by atoms with Gasteiger partial charge in [0.1, 0.15) is 17.7 Å². The Hall–Kier alpha value is -1.09. The number of fused-ring (bicyclic) bond motifs is 1. The summed E-state index contributed by atoms with van der Waals surface area (Å²) in [7, 11) is 0. The Morgan fingerprint density at radius 3 is 3.06 bits per heavy atom. The molecule has 2 nitrogen and oxygen atoms in total. The second-order valence-corrected chi connectivity index (χ2v) is 4.77. The summed E-state index contributed by atoms with van der Waals surface area (Å²) in [5.41, 5.74) is 0. The highest BCUT2D eigenvalue weighted by Crippen LogP contribution is 2.36. The number of nitrogens with one attached hydrogen (secondary N) is 1. The summed E-state index contributed by atoms with van der Waals surface area (Å²) in [6.07, 6.45) is 2.60. The SMILES string of the molecule is Fc1cccc(O[C@H]2CCC3CNCC32)c1. The minimum atomic E-state index is -0.225. The summed E-state index contributed by atoms with van der Waals surface area (Å²) in [6.45, 7) is 2.17. The zero-order valence-corrected chi connectivity index (χ0v) is 9.16. The molecule has 0 aromatic heterocycles. The van der Waals surface area contributed by atoms with Crippen LogP contribution in [0.3, 0.4) is 0 Å². The first-order valence-electron chi connectivity index (χ1n) is 5.96. The van der Waals surface area contributed by atoms with Gasteiger partial charge in [-0.25, -0.2) is 4.39 Å². The Balaban J connectivity index is 1.71. The van der Waals surface area contributed by atoms with Gasteiger partial charge in [0.15, 0.2) is 0 Å². The molecule has 1 aromatic carbocycles. The van der Waals surface area contributed by atoms with Gasteiger partial charge in [0.2, 0.25) is 0 Å². The number of hydrogen-bond donors (Lipinski definition) is 1. The summed E-state index contributed by atoms with van der Waals surface area (Å²) in [5.74, 6) is 1.82. The maximum atomic E-state index is 13.0. The van der Waals surface area contributed by atoms with Crippen LogP contribution in [0.15, 0.2) is 24.3 Å². The molecular weight excluding hydrogens is 205 g/mol. The lowest BCUT2D eigenvalue weighted by Crippen LogP contribution is -2.26. The van der Waals surface area contributed by atoms with Crippen LogP contribution < -0.4 is 10.1 Å². The molecule has 16 heavy (non-hydrogen) atoms. The van der Waals surface area contributed by atoms with Crippen LogP contribution in [0.4, 0.5) is 4.39 Å². The van der Waals surface area contributed by atoms with Gasteiger partial charge in [-0.1, -0.05) is 6.07 Å². The lowest BCUT2D eigenvalue weighted by molar-refractivity contribution is 0.158. The Morgan fingerprint density at radius 1 is 1.25 bits per heavy atom.